The smallest absolute Gasteiger partial charge is 0.0484 e. The second-order valence-electron chi connectivity index (χ2n) is 6.42. The molecule has 2 aliphatic rings. The van der Waals surface area contributed by atoms with Gasteiger partial charge in [0.25, 0.3) is 0 Å². The fraction of sp³-hybridized carbons (Fsp3) is 1.00. The Morgan fingerprint density at radius 3 is 2.62 bits per heavy atom. The quantitative estimate of drug-likeness (QED) is 0.776. The third-order valence-corrected chi connectivity index (χ3v) is 5.04. The normalized spacial score (nSPS) is 44.1. The van der Waals surface area contributed by atoms with Gasteiger partial charge in [-0.2, -0.15) is 0 Å². The molecule has 16 heavy (non-hydrogen) atoms. The van der Waals surface area contributed by atoms with Crippen molar-refractivity contribution < 1.29 is 10.2 Å². The molecule has 0 radical (unpaired) electrons. The Morgan fingerprint density at radius 1 is 1.12 bits per heavy atom. The molecule has 0 spiro atoms. The fourth-order valence-corrected chi connectivity index (χ4v) is 3.90. The van der Waals surface area contributed by atoms with Crippen LogP contribution in [-0.2, 0) is 0 Å². The van der Waals surface area contributed by atoms with Crippen LogP contribution >= 0.6 is 0 Å². The van der Waals surface area contributed by atoms with Crippen LogP contribution in [-0.4, -0.2) is 23.4 Å². The predicted octanol–water partition coefficient (Wildman–Crippen LogP) is 2.58. The average Bonchev–Trinajstić information content (AvgIpc) is 2.30. The summed E-state index contributed by atoms with van der Waals surface area (Å²) in [7, 11) is 0. The first-order chi connectivity index (χ1) is 7.67. The Kier molecular flexibility index (Phi) is 3.91. The summed E-state index contributed by atoms with van der Waals surface area (Å²) >= 11 is 0. The maximum absolute atomic E-state index is 9.44. The molecule has 0 heterocycles. The lowest BCUT2D eigenvalue weighted by molar-refractivity contribution is 0.0116. The van der Waals surface area contributed by atoms with Crippen molar-refractivity contribution in [3.05, 3.63) is 0 Å². The molecule has 2 N–H and O–H groups in total. The third kappa shape index (κ3) is 2.60. The highest BCUT2D eigenvalue weighted by atomic mass is 16.3. The number of aliphatic hydroxyl groups excluding tert-OH is 2. The van der Waals surface area contributed by atoms with E-state index in [-0.39, 0.29) is 5.41 Å². The Morgan fingerprint density at radius 2 is 1.94 bits per heavy atom. The molecular weight excluding hydrogens is 200 g/mol. The fourth-order valence-electron chi connectivity index (χ4n) is 3.90. The second-order valence-corrected chi connectivity index (χ2v) is 6.42. The van der Waals surface area contributed by atoms with Crippen molar-refractivity contribution in [1.82, 2.24) is 0 Å². The van der Waals surface area contributed by atoms with Crippen molar-refractivity contribution in [2.45, 2.75) is 51.9 Å². The minimum Gasteiger partial charge on any atom is -0.396 e. The summed E-state index contributed by atoms with van der Waals surface area (Å²) in [4.78, 5) is 0. The van der Waals surface area contributed by atoms with Gasteiger partial charge in [-0.1, -0.05) is 13.3 Å². The van der Waals surface area contributed by atoms with E-state index < -0.39 is 0 Å². The van der Waals surface area contributed by atoms with E-state index in [1.165, 1.54) is 38.5 Å². The van der Waals surface area contributed by atoms with E-state index in [0.29, 0.717) is 13.2 Å². The van der Waals surface area contributed by atoms with Gasteiger partial charge in [-0.15, -0.1) is 0 Å². The minimum atomic E-state index is 0.199. The molecule has 0 bridgehead atoms. The molecule has 0 amide bonds. The molecule has 2 nitrogen and oxygen atoms in total. The lowest BCUT2D eigenvalue weighted by atomic mass is 9.60. The number of rotatable bonds is 3. The van der Waals surface area contributed by atoms with Crippen molar-refractivity contribution in [1.29, 1.82) is 0 Å². The van der Waals surface area contributed by atoms with E-state index in [1.807, 2.05) is 0 Å². The zero-order valence-electron chi connectivity index (χ0n) is 10.5. The number of hydrogen-bond acceptors (Lipinski definition) is 2. The van der Waals surface area contributed by atoms with Crippen LogP contribution in [0.3, 0.4) is 0 Å². The van der Waals surface area contributed by atoms with Gasteiger partial charge in [-0.05, 0) is 61.7 Å². The molecule has 0 aliphatic heterocycles. The van der Waals surface area contributed by atoms with Gasteiger partial charge in [0, 0.05) is 13.2 Å². The zero-order chi connectivity index (χ0) is 11.6. The largest absolute Gasteiger partial charge is 0.396 e. The maximum Gasteiger partial charge on any atom is 0.0484 e. The van der Waals surface area contributed by atoms with Gasteiger partial charge < -0.3 is 10.2 Å². The van der Waals surface area contributed by atoms with Gasteiger partial charge in [0.1, 0.15) is 0 Å². The number of aliphatic hydroxyl groups is 2. The number of hydrogen-bond donors (Lipinski definition) is 2. The Balaban J connectivity index is 1.90. The van der Waals surface area contributed by atoms with E-state index in [4.69, 9.17) is 5.11 Å². The predicted molar refractivity (Wildman–Crippen MR) is 65.1 cm³/mol. The molecule has 2 fully saturated rings. The van der Waals surface area contributed by atoms with E-state index >= 15 is 0 Å². The standard InChI is InChI=1S/C14H26O2/c1-14(10-16)6-4-12-8-11(5-7-15)2-3-13(12)9-14/h11-13,15-16H,2-10H2,1H3. The third-order valence-electron chi connectivity index (χ3n) is 5.04. The van der Waals surface area contributed by atoms with Crippen LogP contribution in [0.25, 0.3) is 0 Å². The van der Waals surface area contributed by atoms with Gasteiger partial charge in [0.05, 0.1) is 0 Å². The van der Waals surface area contributed by atoms with Crippen LogP contribution in [0.2, 0.25) is 0 Å². The lowest BCUT2D eigenvalue weighted by Crippen LogP contribution is -2.37. The van der Waals surface area contributed by atoms with Gasteiger partial charge in [-0.3, -0.25) is 0 Å². The Hall–Kier alpha value is -0.0800. The Bertz CT molecular complexity index is 229. The van der Waals surface area contributed by atoms with E-state index in [0.717, 1.165) is 24.2 Å². The van der Waals surface area contributed by atoms with Gasteiger partial charge in [0.2, 0.25) is 0 Å². The molecule has 0 aromatic rings. The molecule has 0 saturated heterocycles. The summed E-state index contributed by atoms with van der Waals surface area (Å²) in [5.74, 6) is 2.50. The summed E-state index contributed by atoms with van der Waals surface area (Å²) in [5, 5.41) is 18.4. The first kappa shape index (κ1) is 12.4. The van der Waals surface area contributed by atoms with Crippen LogP contribution in [0.15, 0.2) is 0 Å². The summed E-state index contributed by atoms with van der Waals surface area (Å²) in [6.07, 6.45) is 8.65. The van der Waals surface area contributed by atoms with Crippen LogP contribution < -0.4 is 0 Å². The van der Waals surface area contributed by atoms with Crippen molar-refractivity contribution in [2.75, 3.05) is 13.2 Å². The van der Waals surface area contributed by atoms with Crippen LogP contribution in [0.1, 0.15) is 51.9 Å². The van der Waals surface area contributed by atoms with Crippen molar-refractivity contribution in [3.8, 4) is 0 Å². The average molecular weight is 226 g/mol. The first-order valence-electron chi connectivity index (χ1n) is 6.88. The summed E-state index contributed by atoms with van der Waals surface area (Å²) < 4.78 is 0. The van der Waals surface area contributed by atoms with E-state index in [2.05, 4.69) is 6.92 Å². The van der Waals surface area contributed by atoms with Crippen LogP contribution in [0, 0.1) is 23.2 Å². The molecule has 4 atom stereocenters. The topological polar surface area (TPSA) is 40.5 Å². The first-order valence-corrected chi connectivity index (χ1v) is 6.88. The van der Waals surface area contributed by atoms with E-state index in [1.54, 1.807) is 0 Å². The maximum atomic E-state index is 9.44. The zero-order valence-corrected chi connectivity index (χ0v) is 10.5. The molecule has 4 unspecified atom stereocenters. The summed E-state index contributed by atoms with van der Waals surface area (Å²) in [6, 6.07) is 0. The lowest BCUT2D eigenvalue weighted by Gasteiger charge is -2.46. The Labute approximate surface area is 99.1 Å². The highest BCUT2D eigenvalue weighted by molar-refractivity contribution is 4.90. The highest BCUT2D eigenvalue weighted by Crippen LogP contribution is 2.49. The van der Waals surface area contributed by atoms with Crippen molar-refractivity contribution in [2.24, 2.45) is 23.2 Å². The molecule has 94 valence electrons. The van der Waals surface area contributed by atoms with Gasteiger partial charge in [-0.25, -0.2) is 0 Å². The summed E-state index contributed by atoms with van der Waals surface area (Å²) in [5.41, 5.74) is 0.199. The highest BCUT2D eigenvalue weighted by Gasteiger charge is 2.40. The van der Waals surface area contributed by atoms with Crippen LogP contribution in [0.5, 0.6) is 0 Å². The van der Waals surface area contributed by atoms with E-state index in [9.17, 15) is 5.11 Å². The molecular formula is C14H26O2. The summed E-state index contributed by atoms with van der Waals surface area (Å²) in [6.45, 7) is 2.95. The van der Waals surface area contributed by atoms with Crippen molar-refractivity contribution >= 4 is 0 Å². The van der Waals surface area contributed by atoms with Gasteiger partial charge >= 0.3 is 0 Å². The SMILES string of the molecule is CC1(CO)CCC2CC(CCO)CCC2C1. The minimum absolute atomic E-state index is 0.199. The molecule has 2 heteroatoms. The molecule has 2 aliphatic carbocycles. The molecule has 2 rings (SSSR count). The molecule has 0 aromatic carbocycles. The second kappa shape index (κ2) is 5.05. The number of fused-ring (bicyclic) bond motifs is 1. The molecule has 2 saturated carbocycles. The van der Waals surface area contributed by atoms with Gasteiger partial charge in [0.15, 0.2) is 0 Å². The monoisotopic (exact) mass is 226 g/mol. The van der Waals surface area contributed by atoms with Crippen LogP contribution in [0.4, 0.5) is 0 Å². The van der Waals surface area contributed by atoms with Crippen molar-refractivity contribution in [3.63, 3.8) is 0 Å². The molecule has 0 aromatic heterocycles.